The summed E-state index contributed by atoms with van der Waals surface area (Å²) in [7, 11) is 2.01. The zero-order chi connectivity index (χ0) is 13.8. The maximum Gasteiger partial charge on any atom is 0.0493 e. The van der Waals surface area contributed by atoms with Crippen molar-refractivity contribution in [1.29, 1.82) is 0 Å². The van der Waals surface area contributed by atoms with Crippen molar-refractivity contribution in [1.82, 2.24) is 5.32 Å². The van der Waals surface area contributed by atoms with Gasteiger partial charge in [-0.25, -0.2) is 0 Å². The second-order valence-electron chi connectivity index (χ2n) is 4.46. The van der Waals surface area contributed by atoms with Gasteiger partial charge in [0.1, 0.15) is 0 Å². The first-order chi connectivity index (χ1) is 9.15. The molecule has 1 atom stereocenters. The Hall–Kier alpha value is -0.540. The van der Waals surface area contributed by atoms with Crippen molar-refractivity contribution in [3.63, 3.8) is 0 Å². The van der Waals surface area contributed by atoms with Gasteiger partial charge < -0.3 is 5.32 Å². The molecule has 0 aliphatic rings. The normalized spacial score (nSPS) is 12.6. The molecule has 0 saturated heterocycles. The Balaban J connectivity index is 2.32. The van der Waals surface area contributed by atoms with E-state index in [2.05, 4.69) is 24.4 Å². The van der Waals surface area contributed by atoms with Crippen LogP contribution in [0.25, 0.3) is 10.4 Å². The number of hydrogen-bond donors (Lipinski definition) is 1. The average molecular weight is 314 g/mol. The van der Waals surface area contributed by atoms with E-state index in [0.717, 1.165) is 23.4 Å². The summed E-state index contributed by atoms with van der Waals surface area (Å²) in [5, 5.41) is 4.82. The SMILES string of the molecule is CCCC(NC)c1ccc(-c2cc(Cl)ccc2Cl)s1. The van der Waals surface area contributed by atoms with Gasteiger partial charge in [0.15, 0.2) is 0 Å². The third-order valence-electron chi connectivity index (χ3n) is 3.09. The number of nitrogens with one attached hydrogen (secondary N) is 1. The molecule has 4 heteroatoms. The summed E-state index contributed by atoms with van der Waals surface area (Å²) in [6, 6.07) is 10.3. The molecule has 0 aliphatic carbocycles. The highest BCUT2D eigenvalue weighted by molar-refractivity contribution is 7.15. The fourth-order valence-electron chi connectivity index (χ4n) is 2.09. The van der Waals surface area contributed by atoms with E-state index in [1.807, 2.05) is 25.2 Å². The maximum absolute atomic E-state index is 6.25. The minimum atomic E-state index is 0.418. The second-order valence-corrected chi connectivity index (χ2v) is 6.42. The molecule has 1 heterocycles. The highest BCUT2D eigenvalue weighted by atomic mass is 35.5. The number of thiophene rings is 1. The van der Waals surface area contributed by atoms with Gasteiger partial charge in [-0.05, 0) is 43.8 Å². The molecule has 0 amide bonds. The Morgan fingerprint density at radius 3 is 2.68 bits per heavy atom. The van der Waals surface area contributed by atoms with Gasteiger partial charge in [-0.2, -0.15) is 0 Å². The van der Waals surface area contributed by atoms with Crippen LogP contribution in [0.3, 0.4) is 0 Å². The molecule has 1 aromatic carbocycles. The monoisotopic (exact) mass is 313 g/mol. The molecule has 0 fully saturated rings. The van der Waals surface area contributed by atoms with E-state index in [1.165, 1.54) is 9.75 Å². The molecule has 2 aromatic rings. The van der Waals surface area contributed by atoms with Crippen LogP contribution in [0, 0.1) is 0 Å². The topological polar surface area (TPSA) is 12.0 Å². The molecule has 0 bridgehead atoms. The van der Waals surface area contributed by atoms with E-state index in [-0.39, 0.29) is 0 Å². The van der Waals surface area contributed by atoms with Crippen molar-refractivity contribution in [2.45, 2.75) is 25.8 Å². The van der Waals surface area contributed by atoms with Gasteiger partial charge in [0.05, 0.1) is 0 Å². The summed E-state index contributed by atoms with van der Waals surface area (Å²) in [5.41, 5.74) is 1.01. The Labute approximate surface area is 128 Å². The summed E-state index contributed by atoms with van der Waals surface area (Å²) >= 11 is 14.1. The van der Waals surface area contributed by atoms with Crippen LogP contribution in [-0.2, 0) is 0 Å². The summed E-state index contributed by atoms with van der Waals surface area (Å²) in [6.07, 6.45) is 2.30. The standard InChI is InChI=1S/C15H17Cl2NS/c1-3-4-13(18-2)15-8-7-14(19-15)11-9-10(16)5-6-12(11)17/h5-9,13,18H,3-4H2,1-2H3. The summed E-state index contributed by atoms with van der Waals surface area (Å²) < 4.78 is 0. The van der Waals surface area contributed by atoms with Gasteiger partial charge in [-0.15, -0.1) is 11.3 Å². The second kappa shape index (κ2) is 6.76. The van der Waals surface area contributed by atoms with E-state index in [1.54, 1.807) is 11.3 Å². The molecule has 102 valence electrons. The first-order valence-corrected chi connectivity index (χ1v) is 7.95. The summed E-state index contributed by atoms with van der Waals surface area (Å²) in [6.45, 7) is 2.20. The molecule has 0 aliphatic heterocycles. The average Bonchev–Trinajstić information content (AvgIpc) is 2.88. The lowest BCUT2D eigenvalue weighted by Crippen LogP contribution is -2.14. The third-order valence-corrected chi connectivity index (χ3v) is 4.89. The van der Waals surface area contributed by atoms with Crippen molar-refractivity contribution in [2.24, 2.45) is 0 Å². The van der Waals surface area contributed by atoms with E-state index < -0.39 is 0 Å². The van der Waals surface area contributed by atoms with Crippen LogP contribution in [0.1, 0.15) is 30.7 Å². The Bertz CT molecular complexity index is 551. The number of halogens is 2. The number of benzene rings is 1. The fourth-order valence-corrected chi connectivity index (χ4v) is 3.72. The molecule has 1 unspecified atom stereocenters. The zero-order valence-corrected chi connectivity index (χ0v) is 13.4. The molecule has 19 heavy (non-hydrogen) atoms. The van der Waals surface area contributed by atoms with Crippen molar-refractivity contribution in [3.05, 3.63) is 45.3 Å². The molecule has 1 N–H and O–H groups in total. The van der Waals surface area contributed by atoms with Gasteiger partial charge >= 0.3 is 0 Å². The Kier molecular flexibility index (Phi) is 5.28. The summed E-state index contributed by atoms with van der Waals surface area (Å²) in [5.74, 6) is 0. The first-order valence-electron chi connectivity index (χ1n) is 6.38. The van der Waals surface area contributed by atoms with E-state index in [4.69, 9.17) is 23.2 Å². The lowest BCUT2D eigenvalue weighted by molar-refractivity contribution is 0.550. The van der Waals surface area contributed by atoms with Gasteiger partial charge in [0.2, 0.25) is 0 Å². The molecule has 0 radical (unpaired) electrons. The lowest BCUT2D eigenvalue weighted by atomic mass is 10.1. The van der Waals surface area contributed by atoms with Gasteiger partial charge in [-0.1, -0.05) is 36.5 Å². The predicted molar refractivity (Wildman–Crippen MR) is 86.5 cm³/mol. The van der Waals surface area contributed by atoms with Crippen LogP contribution in [-0.4, -0.2) is 7.05 Å². The maximum atomic E-state index is 6.25. The molecule has 1 nitrogen and oxygen atoms in total. The van der Waals surface area contributed by atoms with Gasteiger partial charge in [0.25, 0.3) is 0 Å². The van der Waals surface area contributed by atoms with Gasteiger partial charge in [0, 0.05) is 31.4 Å². The smallest absolute Gasteiger partial charge is 0.0493 e. The Morgan fingerprint density at radius 1 is 1.21 bits per heavy atom. The summed E-state index contributed by atoms with van der Waals surface area (Å²) in [4.78, 5) is 2.51. The van der Waals surface area contributed by atoms with Crippen LogP contribution in [0.4, 0.5) is 0 Å². The van der Waals surface area contributed by atoms with Crippen molar-refractivity contribution in [3.8, 4) is 10.4 Å². The van der Waals surface area contributed by atoms with Crippen LogP contribution in [0.2, 0.25) is 10.0 Å². The highest BCUT2D eigenvalue weighted by Gasteiger charge is 2.13. The number of hydrogen-bond acceptors (Lipinski definition) is 2. The molecular formula is C15H17Cl2NS. The quantitative estimate of drug-likeness (QED) is 0.737. The Morgan fingerprint density at radius 2 is 2.00 bits per heavy atom. The minimum Gasteiger partial charge on any atom is -0.312 e. The van der Waals surface area contributed by atoms with Crippen LogP contribution >= 0.6 is 34.5 Å². The van der Waals surface area contributed by atoms with E-state index >= 15 is 0 Å². The first kappa shape index (κ1) is 14.9. The van der Waals surface area contributed by atoms with Crippen LogP contribution < -0.4 is 5.32 Å². The molecular weight excluding hydrogens is 297 g/mol. The van der Waals surface area contributed by atoms with Crippen molar-refractivity contribution in [2.75, 3.05) is 7.05 Å². The molecule has 0 spiro atoms. The fraction of sp³-hybridized carbons (Fsp3) is 0.333. The molecule has 1 aromatic heterocycles. The van der Waals surface area contributed by atoms with Crippen LogP contribution in [0.5, 0.6) is 0 Å². The van der Waals surface area contributed by atoms with Crippen LogP contribution in [0.15, 0.2) is 30.3 Å². The largest absolute Gasteiger partial charge is 0.312 e. The number of rotatable bonds is 5. The highest BCUT2D eigenvalue weighted by Crippen LogP contribution is 2.37. The van der Waals surface area contributed by atoms with E-state index in [9.17, 15) is 0 Å². The zero-order valence-electron chi connectivity index (χ0n) is 11.0. The minimum absolute atomic E-state index is 0.418. The van der Waals surface area contributed by atoms with Crippen molar-refractivity contribution >= 4 is 34.5 Å². The van der Waals surface area contributed by atoms with E-state index in [0.29, 0.717) is 11.1 Å². The molecule has 0 saturated carbocycles. The van der Waals surface area contributed by atoms with Crippen molar-refractivity contribution < 1.29 is 0 Å². The third kappa shape index (κ3) is 3.51. The predicted octanol–water partition coefficient (Wildman–Crippen LogP) is 5.78. The lowest BCUT2D eigenvalue weighted by Gasteiger charge is -2.12. The molecule has 2 rings (SSSR count). The van der Waals surface area contributed by atoms with Gasteiger partial charge in [-0.3, -0.25) is 0 Å².